The fourth-order valence-corrected chi connectivity index (χ4v) is 2.41. The number of amides is 1. The zero-order valence-corrected chi connectivity index (χ0v) is 15.3. The number of esters is 1. The standard InChI is InChI=1S/C20H18N4O4/c1-13(25)15-3-7-17(8-4-15)23-19(26)14(2)28-20(27)16-5-9-18(10-6-16)24-12-21-11-22-24/h3-12,14H,1-2H3,(H,23,26)/t14-/m1/s1. The van der Waals surface area contributed by atoms with E-state index in [1.807, 2.05) is 0 Å². The Hall–Kier alpha value is -3.81. The number of nitrogens with zero attached hydrogens (tertiary/aromatic N) is 3. The third-order valence-corrected chi connectivity index (χ3v) is 4.00. The molecule has 0 fully saturated rings. The van der Waals surface area contributed by atoms with E-state index >= 15 is 0 Å². The Morgan fingerprint density at radius 1 is 1.00 bits per heavy atom. The number of nitrogens with one attached hydrogen (secondary N) is 1. The van der Waals surface area contributed by atoms with Crippen LogP contribution >= 0.6 is 0 Å². The van der Waals surface area contributed by atoms with E-state index in [-0.39, 0.29) is 5.78 Å². The minimum absolute atomic E-state index is 0.0602. The van der Waals surface area contributed by atoms with Crippen LogP contribution in [0, 0.1) is 0 Å². The number of aromatic nitrogens is 3. The number of hydrogen-bond donors (Lipinski definition) is 1. The van der Waals surface area contributed by atoms with E-state index in [0.29, 0.717) is 16.8 Å². The summed E-state index contributed by atoms with van der Waals surface area (Å²) in [4.78, 5) is 39.6. The Bertz CT molecular complexity index is 980. The van der Waals surface area contributed by atoms with Gasteiger partial charge in [0.2, 0.25) is 0 Å². The Morgan fingerprint density at radius 3 is 2.21 bits per heavy atom. The second-order valence-electron chi connectivity index (χ2n) is 6.06. The predicted molar refractivity (Wildman–Crippen MR) is 101 cm³/mol. The van der Waals surface area contributed by atoms with Gasteiger partial charge in [-0.1, -0.05) is 0 Å². The van der Waals surface area contributed by atoms with E-state index in [1.54, 1.807) is 59.5 Å². The van der Waals surface area contributed by atoms with Gasteiger partial charge in [-0.2, -0.15) is 5.10 Å². The summed E-state index contributed by atoms with van der Waals surface area (Å²) in [6.45, 7) is 2.95. The molecule has 1 aromatic heterocycles. The SMILES string of the molecule is CC(=O)c1ccc(NC(=O)[C@@H](C)OC(=O)c2ccc(-n3cncn3)cc2)cc1. The lowest BCUT2D eigenvalue weighted by atomic mass is 10.1. The molecule has 1 atom stereocenters. The van der Waals surface area contributed by atoms with E-state index in [0.717, 1.165) is 5.69 Å². The fourth-order valence-electron chi connectivity index (χ4n) is 2.41. The van der Waals surface area contributed by atoms with Crippen molar-refractivity contribution in [3.05, 3.63) is 72.3 Å². The van der Waals surface area contributed by atoms with Crippen molar-refractivity contribution in [1.82, 2.24) is 14.8 Å². The van der Waals surface area contributed by atoms with Gasteiger partial charge in [-0.05, 0) is 62.4 Å². The van der Waals surface area contributed by atoms with Crippen LogP contribution in [0.3, 0.4) is 0 Å². The fraction of sp³-hybridized carbons (Fsp3) is 0.150. The minimum Gasteiger partial charge on any atom is -0.449 e. The van der Waals surface area contributed by atoms with E-state index in [2.05, 4.69) is 15.4 Å². The highest BCUT2D eigenvalue weighted by molar-refractivity contribution is 5.98. The largest absolute Gasteiger partial charge is 0.449 e. The Morgan fingerprint density at radius 2 is 1.64 bits per heavy atom. The molecule has 3 aromatic rings. The number of Topliss-reactive ketones (excluding diaryl/α,β-unsaturated/α-hetero) is 1. The molecule has 0 bridgehead atoms. The number of hydrogen-bond acceptors (Lipinski definition) is 6. The summed E-state index contributed by atoms with van der Waals surface area (Å²) in [5.41, 5.74) is 2.12. The number of ketones is 1. The van der Waals surface area contributed by atoms with Crippen molar-refractivity contribution in [2.75, 3.05) is 5.32 Å². The molecule has 0 unspecified atom stereocenters. The summed E-state index contributed by atoms with van der Waals surface area (Å²) in [6.07, 6.45) is 1.97. The van der Waals surface area contributed by atoms with Gasteiger partial charge in [0.05, 0.1) is 11.3 Å². The lowest BCUT2D eigenvalue weighted by Gasteiger charge is -2.14. The number of carbonyl (C=O) groups is 3. The molecular weight excluding hydrogens is 360 g/mol. The van der Waals surface area contributed by atoms with Crippen molar-refractivity contribution in [3.8, 4) is 5.69 Å². The molecule has 0 saturated carbocycles. The lowest BCUT2D eigenvalue weighted by molar-refractivity contribution is -0.123. The third kappa shape index (κ3) is 4.47. The second kappa shape index (κ2) is 8.26. The van der Waals surface area contributed by atoms with Crippen LogP contribution in [0.15, 0.2) is 61.2 Å². The molecule has 0 aliphatic rings. The second-order valence-corrected chi connectivity index (χ2v) is 6.06. The maximum absolute atomic E-state index is 12.3. The van der Waals surface area contributed by atoms with E-state index in [9.17, 15) is 14.4 Å². The van der Waals surface area contributed by atoms with Crippen molar-refractivity contribution in [3.63, 3.8) is 0 Å². The van der Waals surface area contributed by atoms with Crippen molar-refractivity contribution < 1.29 is 19.1 Å². The normalized spacial score (nSPS) is 11.5. The van der Waals surface area contributed by atoms with Crippen LogP contribution in [0.1, 0.15) is 34.6 Å². The quantitative estimate of drug-likeness (QED) is 0.522. The molecule has 1 amide bonds. The number of benzene rings is 2. The van der Waals surface area contributed by atoms with Gasteiger partial charge in [0, 0.05) is 11.3 Å². The molecule has 142 valence electrons. The highest BCUT2D eigenvalue weighted by atomic mass is 16.5. The van der Waals surface area contributed by atoms with E-state index < -0.39 is 18.0 Å². The van der Waals surface area contributed by atoms with E-state index in [4.69, 9.17) is 4.74 Å². The minimum atomic E-state index is -0.991. The van der Waals surface area contributed by atoms with Crippen LogP contribution in [0.5, 0.6) is 0 Å². The number of ether oxygens (including phenoxy) is 1. The van der Waals surface area contributed by atoms with Crippen LogP contribution in [-0.2, 0) is 9.53 Å². The van der Waals surface area contributed by atoms with Crippen LogP contribution in [0.25, 0.3) is 5.69 Å². The molecule has 28 heavy (non-hydrogen) atoms. The first kappa shape index (κ1) is 19.0. The van der Waals surface area contributed by atoms with Crippen LogP contribution in [0.2, 0.25) is 0 Å². The molecule has 1 N–H and O–H groups in total. The molecule has 0 aliphatic heterocycles. The van der Waals surface area contributed by atoms with E-state index in [1.165, 1.54) is 20.2 Å². The molecular formula is C20H18N4O4. The van der Waals surface area contributed by atoms with Gasteiger partial charge in [0.25, 0.3) is 5.91 Å². The summed E-state index contributed by atoms with van der Waals surface area (Å²) < 4.78 is 6.78. The average Bonchev–Trinajstić information content (AvgIpc) is 3.23. The summed E-state index contributed by atoms with van der Waals surface area (Å²) >= 11 is 0. The number of rotatable bonds is 6. The molecule has 3 rings (SSSR count). The number of anilines is 1. The molecule has 0 spiro atoms. The molecule has 2 aromatic carbocycles. The van der Waals surface area contributed by atoms with Crippen LogP contribution < -0.4 is 5.32 Å². The van der Waals surface area contributed by atoms with Gasteiger partial charge < -0.3 is 10.1 Å². The molecule has 8 heteroatoms. The van der Waals surface area contributed by atoms with Crippen molar-refractivity contribution in [1.29, 1.82) is 0 Å². The lowest BCUT2D eigenvalue weighted by Crippen LogP contribution is -2.30. The summed E-state index contributed by atoms with van der Waals surface area (Å²) in [7, 11) is 0. The van der Waals surface area contributed by atoms with Crippen molar-refractivity contribution in [2.45, 2.75) is 20.0 Å². The first-order chi connectivity index (χ1) is 13.4. The van der Waals surface area contributed by atoms with Gasteiger partial charge in [-0.15, -0.1) is 0 Å². The third-order valence-electron chi connectivity index (χ3n) is 4.00. The average molecular weight is 378 g/mol. The van der Waals surface area contributed by atoms with Gasteiger partial charge in [-0.3, -0.25) is 9.59 Å². The molecule has 0 saturated heterocycles. The van der Waals surface area contributed by atoms with Crippen molar-refractivity contribution >= 4 is 23.3 Å². The zero-order chi connectivity index (χ0) is 20.1. The topological polar surface area (TPSA) is 103 Å². The first-order valence-electron chi connectivity index (χ1n) is 8.52. The maximum atomic E-state index is 12.3. The summed E-state index contributed by atoms with van der Waals surface area (Å²) in [6, 6.07) is 13.0. The first-order valence-corrected chi connectivity index (χ1v) is 8.52. The summed E-state index contributed by atoms with van der Waals surface area (Å²) in [5, 5.41) is 6.65. The van der Waals surface area contributed by atoms with Crippen LogP contribution in [-0.4, -0.2) is 38.5 Å². The van der Waals surface area contributed by atoms with Gasteiger partial charge in [0.1, 0.15) is 12.7 Å². The molecule has 8 nitrogen and oxygen atoms in total. The highest BCUT2D eigenvalue weighted by Crippen LogP contribution is 2.13. The maximum Gasteiger partial charge on any atom is 0.338 e. The van der Waals surface area contributed by atoms with Crippen LogP contribution in [0.4, 0.5) is 5.69 Å². The Balaban J connectivity index is 1.58. The van der Waals surface area contributed by atoms with Crippen molar-refractivity contribution in [2.24, 2.45) is 0 Å². The molecule has 1 heterocycles. The number of carbonyl (C=O) groups excluding carboxylic acids is 3. The molecule has 0 aliphatic carbocycles. The van der Waals surface area contributed by atoms with Gasteiger partial charge >= 0.3 is 5.97 Å². The van der Waals surface area contributed by atoms with Gasteiger partial charge in [0.15, 0.2) is 11.9 Å². The van der Waals surface area contributed by atoms with Gasteiger partial charge in [-0.25, -0.2) is 14.5 Å². The smallest absolute Gasteiger partial charge is 0.338 e. The highest BCUT2D eigenvalue weighted by Gasteiger charge is 2.19. The molecule has 0 radical (unpaired) electrons. The monoisotopic (exact) mass is 378 g/mol. The predicted octanol–water partition coefficient (Wildman–Crippen LogP) is 2.65. The Kier molecular flexibility index (Phi) is 5.59. The summed E-state index contributed by atoms with van der Waals surface area (Å²) in [5.74, 6) is -1.14. The Labute approximate surface area is 161 Å². The zero-order valence-electron chi connectivity index (χ0n) is 15.3.